The highest BCUT2D eigenvalue weighted by Crippen LogP contribution is 2.31. The number of carbonyl (C=O) groups is 1. The summed E-state index contributed by atoms with van der Waals surface area (Å²) in [5.41, 5.74) is 6.99. The van der Waals surface area contributed by atoms with E-state index in [1.807, 2.05) is 42.6 Å². The monoisotopic (exact) mass is 424 g/mol. The second kappa shape index (κ2) is 9.65. The van der Waals surface area contributed by atoms with E-state index < -0.39 is 0 Å². The Morgan fingerprint density at radius 1 is 0.969 bits per heavy atom. The molecule has 4 nitrogen and oxygen atoms in total. The second-order valence-corrected chi connectivity index (χ2v) is 8.30. The van der Waals surface area contributed by atoms with Crippen LogP contribution < -0.4 is 0 Å². The van der Waals surface area contributed by atoms with Gasteiger partial charge in [0.1, 0.15) is 6.61 Å². The predicted molar refractivity (Wildman–Crippen MR) is 132 cm³/mol. The molecule has 0 bridgehead atoms. The summed E-state index contributed by atoms with van der Waals surface area (Å²) in [7, 11) is 0. The quantitative estimate of drug-likeness (QED) is 0.251. The fourth-order valence-electron chi connectivity index (χ4n) is 3.79. The van der Waals surface area contributed by atoms with Crippen LogP contribution in [0.1, 0.15) is 44.0 Å². The summed E-state index contributed by atoms with van der Waals surface area (Å²) >= 11 is 0. The largest absolute Gasteiger partial charge is 0.458 e. The van der Waals surface area contributed by atoms with Crippen LogP contribution in [0.2, 0.25) is 0 Å². The maximum Gasteiger partial charge on any atom is 0.338 e. The van der Waals surface area contributed by atoms with Crippen molar-refractivity contribution in [3.63, 3.8) is 0 Å². The highest BCUT2D eigenvalue weighted by molar-refractivity contribution is 6.10. The van der Waals surface area contributed by atoms with Gasteiger partial charge < -0.3 is 9.72 Å². The van der Waals surface area contributed by atoms with Gasteiger partial charge in [-0.05, 0) is 64.0 Å². The fourth-order valence-corrected chi connectivity index (χ4v) is 3.79. The summed E-state index contributed by atoms with van der Waals surface area (Å²) < 4.78 is 5.43. The molecule has 162 valence electrons. The number of nitrogens with one attached hydrogen (secondary N) is 1. The van der Waals surface area contributed by atoms with Gasteiger partial charge in [-0.25, -0.2) is 4.79 Å². The SMILES string of the molecule is CC(C)=CCC/C(C)=C\COC(=O)c1ccc(-c2nccc3c2[nH]c2ccccc23)cc1. The number of aromatic nitrogens is 2. The summed E-state index contributed by atoms with van der Waals surface area (Å²) in [4.78, 5) is 20.5. The maximum atomic E-state index is 12.4. The van der Waals surface area contributed by atoms with Gasteiger partial charge in [0.25, 0.3) is 0 Å². The van der Waals surface area contributed by atoms with E-state index >= 15 is 0 Å². The Morgan fingerprint density at radius 2 is 1.75 bits per heavy atom. The van der Waals surface area contributed by atoms with E-state index in [1.54, 1.807) is 12.1 Å². The highest BCUT2D eigenvalue weighted by atomic mass is 16.5. The first-order valence-corrected chi connectivity index (χ1v) is 10.9. The second-order valence-electron chi connectivity index (χ2n) is 8.30. The first-order valence-electron chi connectivity index (χ1n) is 10.9. The third-order valence-electron chi connectivity index (χ3n) is 5.56. The molecule has 4 rings (SSSR count). The van der Waals surface area contributed by atoms with Gasteiger partial charge >= 0.3 is 5.97 Å². The van der Waals surface area contributed by atoms with Gasteiger partial charge in [-0.2, -0.15) is 0 Å². The molecule has 0 saturated carbocycles. The van der Waals surface area contributed by atoms with Crippen LogP contribution in [0.15, 0.2) is 84.1 Å². The number of nitrogens with zero attached hydrogens (tertiary/aromatic N) is 1. The molecule has 2 heterocycles. The number of rotatable bonds is 7. The van der Waals surface area contributed by atoms with Crippen LogP contribution in [0.4, 0.5) is 0 Å². The number of fused-ring (bicyclic) bond motifs is 3. The predicted octanol–water partition coefficient (Wildman–Crippen LogP) is 7.23. The zero-order chi connectivity index (χ0) is 22.5. The number of allylic oxidation sites excluding steroid dienone is 3. The lowest BCUT2D eigenvalue weighted by Gasteiger charge is -2.06. The smallest absolute Gasteiger partial charge is 0.338 e. The van der Waals surface area contributed by atoms with E-state index in [2.05, 4.69) is 48.9 Å². The molecular weight excluding hydrogens is 396 g/mol. The molecule has 32 heavy (non-hydrogen) atoms. The van der Waals surface area contributed by atoms with Gasteiger partial charge in [0.05, 0.1) is 16.8 Å². The molecule has 0 aliphatic rings. The molecule has 0 radical (unpaired) electrons. The lowest BCUT2D eigenvalue weighted by Crippen LogP contribution is -2.05. The number of ether oxygens (including phenoxy) is 1. The van der Waals surface area contributed by atoms with Gasteiger partial charge in [0, 0.05) is 28.0 Å². The van der Waals surface area contributed by atoms with Crippen LogP contribution in [0, 0.1) is 0 Å². The number of esters is 1. The van der Waals surface area contributed by atoms with Crippen molar-refractivity contribution in [1.29, 1.82) is 0 Å². The molecule has 0 atom stereocenters. The highest BCUT2D eigenvalue weighted by Gasteiger charge is 2.12. The number of H-pyrrole nitrogens is 1. The lowest BCUT2D eigenvalue weighted by atomic mass is 10.1. The van der Waals surface area contributed by atoms with E-state index in [0.717, 1.165) is 40.5 Å². The van der Waals surface area contributed by atoms with Gasteiger partial charge in [-0.15, -0.1) is 0 Å². The number of carbonyl (C=O) groups excluding carboxylic acids is 1. The molecule has 2 aromatic heterocycles. The van der Waals surface area contributed by atoms with Crippen LogP contribution >= 0.6 is 0 Å². The molecule has 0 aliphatic carbocycles. The minimum absolute atomic E-state index is 0.289. The first kappa shape index (κ1) is 21.6. The molecule has 0 amide bonds. The number of pyridine rings is 1. The Balaban J connectivity index is 1.45. The Hall–Kier alpha value is -3.66. The van der Waals surface area contributed by atoms with E-state index in [9.17, 15) is 4.79 Å². The average Bonchev–Trinajstić information content (AvgIpc) is 3.18. The Labute approximate surface area is 188 Å². The van der Waals surface area contributed by atoms with Crippen LogP contribution in [-0.4, -0.2) is 22.5 Å². The number of hydrogen-bond donors (Lipinski definition) is 1. The average molecular weight is 425 g/mol. The Morgan fingerprint density at radius 3 is 2.53 bits per heavy atom. The Kier molecular flexibility index (Phi) is 6.50. The van der Waals surface area contributed by atoms with Crippen molar-refractivity contribution in [3.05, 3.63) is 89.7 Å². The minimum atomic E-state index is -0.318. The summed E-state index contributed by atoms with van der Waals surface area (Å²) in [5, 5.41) is 2.32. The third kappa shape index (κ3) is 4.80. The first-order chi connectivity index (χ1) is 15.5. The zero-order valence-electron chi connectivity index (χ0n) is 18.8. The topological polar surface area (TPSA) is 55.0 Å². The minimum Gasteiger partial charge on any atom is -0.458 e. The number of hydrogen-bond acceptors (Lipinski definition) is 3. The fraction of sp³-hybridized carbons (Fsp3) is 0.214. The third-order valence-corrected chi connectivity index (χ3v) is 5.56. The molecule has 0 fully saturated rings. The molecular formula is C28H28N2O2. The molecule has 0 unspecified atom stereocenters. The number of aromatic amines is 1. The van der Waals surface area contributed by atoms with Crippen molar-refractivity contribution in [2.75, 3.05) is 6.61 Å². The van der Waals surface area contributed by atoms with Gasteiger partial charge in [0.2, 0.25) is 0 Å². The maximum absolute atomic E-state index is 12.4. The van der Waals surface area contributed by atoms with Crippen molar-refractivity contribution in [1.82, 2.24) is 9.97 Å². The van der Waals surface area contributed by atoms with Crippen molar-refractivity contribution >= 4 is 27.8 Å². The summed E-state index contributed by atoms with van der Waals surface area (Å²) in [6.45, 7) is 6.56. The Bertz CT molecular complexity index is 1310. The molecule has 0 aliphatic heterocycles. The van der Waals surface area contributed by atoms with Gasteiger partial charge in [0.15, 0.2) is 0 Å². The molecule has 2 aromatic carbocycles. The molecule has 4 heteroatoms. The van der Waals surface area contributed by atoms with E-state index in [4.69, 9.17) is 4.74 Å². The van der Waals surface area contributed by atoms with E-state index in [0.29, 0.717) is 5.56 Å². The summed E-state index contributed by atoms with van der Waals surface area (Å²) in [6.07, 6.45) is 8.01. The van der Waals surface area contributed by atoms with Gasteiger partial charge in [-0.1, -0.05) is 47.6 Å². The summed E-state index contributed by atoms with van der Waals surface area (Å²) in [6, 6.07) is 17.7. The van der Waals surface area contributed by atoms with Gasteiger partial charge in [-0.3, -0.25) is 4.98 Å². The van der Waals surface area contributed by atoms with Crippen molar-refractivity contribution in [2.24, 2.45) is 0 Å². The number of para-hydroxylation sites is 1. The van der Waals surface area contributed by atoms with Crippen LogP contribution in [0.3, 0.4) is 0 Å². The van der Waals surface area contributed by atoms with Crippen molar-refractivity contribution in [3.8, 4) is 11.3 Å². The van der Waals surface area contributed by atoms with Crippen molar-refractivity contribution < 1.29 is 9.53 Å². The molecule has 0 saturated heterocycles. The molecule has 0 spiro atoms. The van der Waals surface area contributed by atoms with E-state index in [-0.39, 0.29) is 12.6 Å². The van der Waals surface area contributed by atoms with Crippen LogP contribution in [0.5, 0.6) is 0 Å². The van der Waals surface area contributed by atoms with E-state index in [1.165, 1.54) is 16.5 Å². The lowest BCUT2D eigenvalue weighted by molar-refractivity contribution is 0.0549. The number of benzene rings is 2. The summed E-state index contributed by atoms with van der Waals surface area (Å²) in [5.74, 6) is -0.318. The van der Waals surface area contributed by atoms with Crippen molar-refractivity contribution in [2.45, 2.75) is 33.6 Å². The molecule has 1 N–H and O–H groups in total. The normalized spacial score (nSPS) is 11.7. The van der Waals surface area contributed by atoms with Crippen LogP contribution in [-0.2, 0) is 4.74 Å². The zero-order valence-corrected chi connectivity index (χ0v) is 18.8. The molecule has 4 aromatic rings. The van der Waals surface area contributed by atoms with Crippen LogP contribution in [0.25, 0.3) is 33.1 Å². The standard InChI is InChI=1S/C28H28N2O2/c1-19(2)7-6-8-20(3)16-18-32-28(31)22-13-11-21(12-14-22)26-27-24(15-17-29-26)23-9-4-5-10-25(23)30-27/h4-5,7,9-17,30H,6,8,18H2,1-3H3/b20-16-.